The smallest absolute Gasteiger partial charge is 0.251 e. The Balaban J connectivity index is 1.50. The quantitative estimate of drug-likeness (QED) is 0.466. The zero-order valence-corrected chi connectivity index (χ0v) is 23.3. The molecule has 39 heavy (non-hydrogen) atoms. The van der Waals surface area contributed by atoms with Crippen molar-refractivity contribution in [2.24, 2.45) is 0 Å². The molecule has 0 spiro atoms. The Morgan fingerprint density at radius 3 is 2.64 bits per heavy atom. The van der Waals surface area contributed by atoms with Crippen LogP contribution >= 0.6 is 0 Å². The number of nitrogens with zero attached hydrogens (tertiary/aromatic N) is 5. The number of carbonyl (C=O) groups is 1. The summed E-state index contributed by atoms with van der Waals surface area (Å²) >= 11 is 0. The van der Waals surface area contributed by atoms with Crippen molar-refractivity contribution >= 4 is 28.7 Å². The van der Waals surface area contributed by atoms with Gasteiger partial charge in [0.15, 0.2) is 5.65 Å². The molecular weight excluding hydrogens is 496 g/mol. The molecule has 1 atom stereocenters. The molecule has 3 aromatic rings. The number of hydrogen-bond donors (Lipinski definition) is 1. The minimum atomic E-state index is -0.385. The van der Waals surface area contributed by atoms with Gasteiger partial charge in [-0.25, -0.2) is 4.98 Å². The second-order valence-corrected chi connectivity index (χ2v) is 10.8. The van der Waals surface area contributed by atoms with Gasteiger partial charge in [-0.05, 0) is 51.5 Å². The molecule has 4 heterocycles. The molecule has 1 amide bonds. The van der Waals surface area contributed by atoms with Crippen LogP contribution in [0.3, 0.4) is 0 Å². The van der Waals surface area contributed by atoms with Gasteiger partial charge in [0.1, 0.15) is 5.82 Å². The molecule has 2 fully saturated rings. The lowest BCUT2D eigenvalue weighted by atomic mass is 10.00. The number of nitrogens with one attached hydrogen (secondary N) is 1. The number of carbonyl (C=O) groups excluding carboxylic acids is 1. The van der Waals surface area contributed by atoms with Crippen molar-refractivity contribution in [2.75, 3.05) is 69.6 Å². The van der Waals surface area contributed by atoms with Gasteiger partial charge in [-0.3, -0.25) is 4.79 Å². The second kappa shape index (κ2) is 11.8. The largest absolute Gasteiger partial charge is 0.385 e. The number of morpholine rings is 2. The Hall–Kier alpha value is -3.34. The van der Waals surface area contributed by atoms with E-state index in [9.17, 15) is 4.79 Å². The normalized spacial score (nSPS) is 18.4. The molecule has 2 aliphatic rings. The standard InChI is InChI=1S/C29H38N6O4/c1-20-19-39-17-13-35(20)28-31-25-23(26(32-28)34-11-15-38-16-12-34)8-9-24(30-25)21-6-5-7-22(18-21)27(36)33-29(2,3)10-14-37-4/h5-9,18,20H,10-17,19H2,1-4H3,(H,33,36). The molecule has 10 heteroatoms. The van der Waals surface area contributed by atoms with Crippen LogP contribution in [0.25, 0.3) is 22.3 Å². The number of rotatable bonds is 8. The fourth-order valence-electron chi connectivity index (χ4n) is 4.93. The number of amides is 1. The zero-order chi connectivity index (χ0) is 27.4. The van der Waals surface area contributed by atoms with E-state index in [1.165, 1.54) is 0 Å². The molecule has 10 nitrogen and oxygen atoms in total. The molecule has 1 unspecified atom stereocenters. The summed E-state index contributed by atoms with van der Waals surface area (Å²) in [6.45, 7) is 11.6. The first kappa shape index (κ1) is 27.2. The van der Waals surface area contributed by atoms with Crippen LogP contribution in [-0.4, -0.2) is 92.2 Å². The summed E-state index contributed by atoms with van der Waals surface area (Å²) in [7, 11) is 1.66. The lowest BCUT2D eigenvalue weighted by Crippen LogP contribution is -2.45. The molecule has 2 saturated heterocycles. The predicted octanol–water partition coefficient (Wildman–Crippen LogP) is 3.30. The number of hydrogen-bond acceptors (Lipinski definition) is 9. The molecule has 208 valence electrons. The average Bonchev–Trinajstić information content (AvgIpc) is 2.96. The lowest BCUT2D eigenvalue weighted by Gasteiger charge is -2.34. The van der Waals surface area contributed by atoms with E-state index in [1.54, 1.807) is 7.11 Å². The molecule has 1 N–H and O–H groups in total. The van der Waals surface area contributed by atoms with Gasteiger partial charge in [0.05, 0.1) is 43.5 Å². The van der Waals surface area contributed by atoms with E-state index in [2.05, 4.69) is 22.0 Å². The molecule has 1 aromatic carbocycles. The summed E-state index contributed by atoms with van der Waals surface area (Å²) in [5, 5.41) is 4.02. The van der Waals surface area contributed by atoms with Crippen molar-refractivity contribution in [2.45, 2.75) is 38.8 Å². The molecule has 0 radical (unpaired) electrons. The summed E-state index contributed by atoms with van der Waals surface area (Å²) in [6.07, 6.45) is 0.719. The Morgan fingerprint density at radius 2 is 1.87 bits per heavy atom. The van der Waals surface area contributed by atoms with Crippen LogP contribution in [0.4, 0.5) is 11.8 Å². The first-order valence-corrected chi connectivity index (χ1v) is 13.6. The first-order valence-electron chi connectivity index (χ1n) is 13.6. The minimum Gasteiger partial charge on any atom is -0.385 e. The number of anilines is 2. The highest BCUT2D eigenvalue weighted by Gasteiger charge is 2.26. The van der Waals surface area contributed by atoms with E-state index in [4.69, 9.17) is 29.2 Å². The van der Waals surface area contributed by atoms with Gasteiger partial charge in [-0.15, -0.1) is 0 Å². The third kappa shape index (κ3) is 6.29. The third-order valence-corrected chi connectivity index (χ3v) is 7.27. The van der Waals surface area contributed by atoms with Crippen molar-refractivity contribution in [3.05, 3.63) is 42.0 Å². The average molecular weight is 535 g/mol. The number of aromatic nitrogens is 3. The highest BCUT2D eigenvalue weighted by Crippen LogP contribution is 2.30. The fourth-order valence-corrected chi connectivity index (χ4v) is 4.93. The van der Waals surface area contributed by atoms with Crippen LogP contribution in [0.15, 0.2) is 36.4 Å². The van der Waals surface area contributed by atoms with E-state index in [0.29, 0.717) is 50.2 Å². The van der Waals surface area contributed by atoms with Gasteiger partial charge in [-0.2, -0.15) is 9.97 Å². The van der Waals surface area contributed by atoms with Gasteiger partial charge in [0.2, 0.25) is 5.95 Å². The predicted molar refractivity (Wildman–Crippen MR) is 151 cm³/mol. The molecular formula is C29H38N6O4. The van der Waals surface area contributed by atoms with Crippen LogP contribution in [0, 0.1) is 0 Å². The highest BCUT2D eigenvalue weighted by molar-refractivity contribution is 5.96. The van der Waals surface area contributed by atoms with Crippen LogP contribution in [0.1, 0.15) is 37.6 Å². The first-order chi connectivity index (χ1) is 18.8. The number of fused-ring (bicyclic) bond motifs is 1. The van der Waals surface area contributed by atoms with E-state index < -0.39 is 0 Å². The van der Waals surface area contributed by atoms with Crippen molar-refractivity contribution in [3.8, 4) is 11.3 Å². The van der Waals surface area contributed by atoms with Crippen molar-refractivity contribution in [1.82, 2.24) is 20.3 Å². The van der Waals surface area contributed by atoms with Crippen molar-refractivity contribution < 1.29 is 19.0 Å². The maximum atomic E-state index is 13.1. The Bertz CT molecular complexity index is 1310. The van der Waals surface area contributed by atoms with Crippen molar-refractivity contribution in [3.63, 3.8) is 0 Å². The van der Waals surface area contributed by atoms with Crippen LogP contribution in [-0.2, 0) is 14.2 Å². The third-order valence-electron chi connectivity index (χ3n) is 7.27. The Kier molecular flexibility index (Phi) is 8.25. The SMILES string of the molecule is COCCC(C)(C)NC(=O)c1cccc(-c2ccc3c(N4CCOCC4)nc(N4CCOCC4C)nc3n2)c1. The second-order valence-electron chi connectivity index (χ2n) is 10.8. The van der Waals surface area contributed by atoms with E-state index >= 15 is 0 Å². The summed E-state index contributed by atoms with van der Waals surface area (Å²) in [6, 6.07) is 11.7. The fraction of sp³-hybridized carbons (Fsp3) is 0.517. The summed E-state index contributed by atoms with van der Waals surface area (Å²) in [5.41, 5.74) is 2.44. The van der Waals surface area contributed by atoms with Gasteiger partial charge >= 0.3 is 0 Å². The number of ether oxygens (including phenoxy) is 3. The molecule has 5 rings (SSSR count). The molecule has 0 saturated carbocycles. The van der Waals surface area contributed by atoms with Gasteiger partial charge in [-0.1, -0.05) is 12.1 Å². The summed E-state index contributed by atoms with van der Waals surface area (Å²) in [5.74, 6) is 1.41. The molecule has 0 bridgehead atoms. The van der Waals surface area contributed by atoms with Crippen molar-refractivity contribution in [1.29, 1.82) is 0 Å². The van der Waals surface area contributed by atoms with Gasteiger partial charge < -0.3 is 29.3 Å². The topological polar surface area (TPSA) is 102 Å². The van der Waals surface area contributed by atoms with E-state index in [0.717, 1.165) is 48.5 Å². The minimum absolute atomic E-state index is 0.126. The molecule has 2 aromatic heterocycles. The highest BCUT2D eigenvalue weighted by atomic mass is 16.5. The van der Waals surface area contributed by atoms with Crippen LogP contribution in [0.5, 0.6) is 0 Å². The summed E-state index contributed by atoms with van der Waals surface area (Å²) in [4.78, 5) is 32.4. The monoisotopic (exact) mass is 534 g/mol. The van der Waals surface area contributed by atoms with Crippen LogP contribution < -0.4 is 15.1 Å². The van der Waals surface area contributed by atoms with E-state index in [-0.39, 0.29) is 17.5 Å². The zero-order valence-electron chi connectivity index (χ0n) is 23.3. The Labute approximate surface area is 229 Å². The van der Waals surface area contributed by atoms with Gasteiger partial charge in [0, 0.05) is 50.0 Å². The molecule has 0 aliphatic carbocycles. The number of benzene rings is 1. The Morgan fingerprint density at radius 1 is 1.08 bits per heavy atom. The summed E-state index contributed by atoms with van der Waals surface area (Å²) < 4.78 is 16.4. The van der Waals surface area contributed by atoms with E-state index in [1.807, 2.05) is 50.2 Å². The maximum Gasteiger partial charge on any atom is 0.251 e. The van der Waals surface area contributed by atoms with Gasteiger partial charge in [0.25, 0.3) is 5.91 Å². The van der Waals surface area contributed by atoms with Crippen LogP contribution in [0.2, 0.25) is 0 Å². The lowest BCUT2D eigenvalue weighted by molar-refractivity contribution is 0.0888. The molecule has 2 aliphatic heterocycles. The number of pyridine rings is 1. The number of methoxy groups -OCH3 is 1. The maximum absolute atomic E-state index is 13.1.